The Morgan fingerprint density at radius 3 is 1.71 bits per heavy atom. The van der Waals surface area contributed by atoms with Gasteiger partial charge in [0, 0.05) is 24.4 Å². The van der Waals surface area contributed by atoms with Gasteiger partial charge in [0.05, 0.1) is 5.92 Å². The van der Waals surface area contributed by atoms with Gasteiger partial charge in [0.25, 0.3) is 0 Å². The van der Waals surface area contributed by atoms with Crippen molar-refractivity contribution in [2.75, 3.05) is 0 Å². The summed E-state index contributed by atoms with van der Waals surface area (Å²) in [4.78, 5) is 9.70. The molecular weight excluding hydrogens is 202 g/mol. The Balaban J connectivity index is 0. The molecule has 3 radical (unpaired) electrons. The molecule has 0 unspecified atom stereocenters. The monoisotopic (exact) mass is 209 g/mol. The molecule has 0 saturated heterocycles. The van der Waals surface area contributed by atoms with E-state index in [4.69, 9.17) is 5.11 Å². The summed E-state index contributed by atoms with van der Waals surface area (Å²) in [6.45, 7) is 3.28. The normalized spacial score (nSPS) is 7.86. The zero-order valence-corrected chi connectivity index (χ0v) is 6.93. The molecule has 0 saturated carbocycles. The number of rotatable bonds is 1. The molecule has 0 aliphatic rings. The third kappa shape index (κ3) is 6.29. The Morgan fingerprint density at radius 2 is 1.71 bits per heavy atom. The van der Waals surface area contributed by atoms with Crippen LogP contribution in [0.4, 0.5) is 0 Å². The molecule has 0 amide bonds. The van der Waals surface area contributed by atoms with Gasteiger partial charge in [-0.1, -0.05) is 13.8 Å². The molecule has 0 bridgehead atoms. The Labute approximate surface area is 60.4 Å². The molecule has 41 valence electrons. The van der Waals surface area contributed by atoms with Gasteiger partial charge in [-0.2, -0.15) is 0 Å². The van der Waals surface area contributed by atoms with Crippen LogP contribution in [0, 0.1) is 5.92 Å². The second-order valence-electron chi connectivity index (χ2n) is 1.49. The van der Waals surface area contributed by atoms with Crippen LogP contribution in [0.5, 0.6) is 0 Å². The molecule has 0 spiro atoms. The maximum atomic E-state index is 9.70. The van der Waals surface area contributed by atoms with Gasteiger partial charge in [0.15, 0.2) is 0 Å². The molecule has 0 aromatic carbocycles. The van der Waals surface area contributed by atoms with E-state index in [1.54, 1.807) is 13.8 Å². The van der Waals surface area contributed by atoms with E-state index in [-0.39, 0.29) is 30.3 Å². The van der Waals surface area contributed by atoms with Crippen LogP contribution in [0.15, 0.2) is 0 Å². The van der Waals surface area contributed by atoms with E-state index >= 15 is 0 Å². The molecule has 0 fully saturated rings. The van der Waals surface area contributed by atoms with Gasteiger partial charge in [0.2, 0.25) is 0 Å². The minimum Gasteiger partial charge on any atom is -0.481 e. The molecule has 0 aromatic rings. The van der Waals surface area contributed by atoms with E-state index < -0.39 is 5.97 Å². The summed E-state index contributed by atoms with van der Waals surface area (Å²) in [6.07, 6.45) is 0. The first-order valence-corrected chi connectivity index (χ1v) is 1.87. The molecule has 1 N–H and O–H groups in total. The van der Waals surface area contributed by atoms with Gasteiger partial charge in [-0.3, -0.25) is 4.79 Å². The van der Waals surface area contributed by atoms with E-state index in [0.29, 0.717) is 0 Å². The molecule has 3 heteroatoms. The first-order valence-electron chi connectivity index (χ1n) is 1.87. The maximum absolute atomic E-state index is 9.70. The molecule has 0 aromatic heterocycles. The molecule has 0 aliphatic carbocycles. The summed E-state index contributed by atoms with van der Waals surface area (Å²) in [7, 11) is 0. The van der Waals surface area contributed by atoms with Gasteiger partial charge < -0.3 is 5.11 Å². The average molecular weight is 210 g/mol. The van der Waals surface area contributed by atoms with Crippen LogP contribution in [0.25, 0.3) is 0 Å². The van der Waals surface area contributed by atoms with Crippen molar-refractivity contribution in [2.45, 2.75) is 13.8 Å². The molecule has 7 heavy (non-hydrogen) atoms. The number of hydrogen-bond donors (Lipinski definition) is 1. The molecule has 2 nitrogen and oxygen atoms in total. The summed E-state index contributed by atoms with van der Waals surface area (Å²) in [5.74, 6) is -0.972. The van der Waals surface area contributed by atoms with Crippen molar-refractivity contribution in [3.8, 4) is 0 Å². The number of carbonyl (C=O) groups is 1. The second-order valence-corrected chi connectivity index (χ2v) is 1.49. The quantitative estimate of drug-likeness (QED) is 0.633. The fraction of sp³-hybridized carbons (Fsp3) is 0.750. The maximum Gasteiger partial charge on any atom is 0.305 e. The number of carboxylic acids is 1. The van der Waals surface area contributed by atoms with Gasteiger partial charge in [-0.25, -0.2) is 0 Å². The summed E-state index contributed by atoms with van der Waals surface area (Å²) < 4.78 is 0. The Hall–Kier alpha value is 0.288. The SMILES string of the molecule is CC(C)C(=O)O.[Sb]. The summed E-state index contributed by atoms with van der Waals surface area (Å²) in [5.41, 5.74) is 0. The smallest absolute Gasteiger partial charge is 0.305 e. The molecule has 0 heterocycles. The number of carboxylic acid groups (broad SMARTS) is 1. The number of aliphatic carboxylic acids is 1. The predicted molar refractivity (Wildman–Crippen MR) is 28.2 cm³/mol. The Morgan fingerprint density at radius 1 is 1.57 bits per heavy atom. The van der Waals surface area contributed by atoms with Crippen molar-refractivity contribution in [1.82, 2.24) is 0 Å². The van der Waals surface area contributed by atoms with Crippen molar-refractivity contribution in [3.05, 3.63) is 0 Å². The van der Waals surface area contributed by atoms with E-state index in [2.05, 4.69) is 0 Å². The Bertz CT molecular complexity index is 60.7. The van der Waals surface area contributed by atoms with Crippen LogP contribution in [-0.4, -0.2) is 35.5 Å². The molecule has 0 aliphatic heterocycles. The van der Waals surface area contributed by atoms with Crippen LogP contribution >= 0.6 is 0 Å². The zero-order chi connectivity index (χ0) is 5.15. The van der Waals surface area contributed by atoms with Gasteiger partial charge >= 0.3 is 5.97 Å². The van der Waals surface area contributed by atoms with Crippen molar-refractivity contribution in [3.63, 3.8) is 0 Å². The third-order valence-corrected chi connectivity index (χ3v) is 0.494. The average Bonchev–Trinajstić information content (AvgIpc) is 1.36. The fourth-order valence-corrected chi connectivity index (χ4v) is 0. The first-order chi connectivity index (χ1) is 2.64. The molecular formula is C4H8O2Sb. The van der Waals surface area contributed by atoms with Gasteiger partial charge in [-0.15, -0.1) is 0 Å². The van der Waals surface area contributed by atoms with Crippen molar-refractivity contribution in [1.29, 1.82) is 0 Å². The van der Waals surface area contributed by atoms with Crippen LogP contribution in [0.3, 0.4) is 0 Å². The topological polar surface area (TPSA) is 37.3 Å². The summed E-state index contributed by atoms with van der Waals surface area (Å²) >= 11 is 0. The van der Waals surface area contributed by atoms with Crippen LogP contribution in [-0.2, 0) is 4.79 Å². The van der Waals surface area contributed by atoms with E-state index in [1.807, 2.05) is 0 Å². The second kappa shape index (κ2) is 4.45. The van der Waals surface area contributed by atoms with Crippen molar-refractivity contribution >= 4 is 30.4 Å². The van der Waals surface area contributed by atoms with Crippen molar-refractivity contribution < 1.29 is 9.90 Å². The third-order valence-electron chi connectivity index (χ3n) is 0.494. The standard InChI is InChI=1S/C4H8O2.Sb/c1-3(2)4(5)6;/h3H,1-2H3,(H,5,6);. The summed E-state index contributed by atoms with van der Waals surface area (Å²) in [5, 5.41) is 7.99. The molecule has 0 rings (SSSR count). The van der Waals surface area contributed by atoms with Crippen LogP contribution in [0.1, 0.15) is 13.8 Å². The Kier molecular flexibility index (Phi) is 6.55. The fourth-order valence-electron chi connectivity index (χ4n) is 0. The van der Waals surface area contributed by atoms with Gasteiger partial charge in [-0.05, 0) is 0 Å². The number of hydrogen-bond acceptors (Lipinski definition) is 1. The predicted octanol–water partition coefficient (Wildman–Crippen LogP) is 0.346. The van der Waals surface area contributed by atoms with Gasteiger partial charge in [0.1, 0.15) is 0 Å². The minimum atomic E-state index is -0.741. The van der Waals surface area contributed by atoms with E-state index in [1.165, 1.54) is 0 Å². The summed E-state index contributed by atoms with van der Waals surface area (Å²) in [6, 6.07) is 0. The van der Waals surface area contributed by atoms with Crippen molar-refractivity contribution in [2.24, 2.45) is 5.92 Å². The van der Waals surface area contributed by atoms with E-state index in [0.717, 1.165) is 0 Å². The largest absolute Gasteiger partial charge is 0.481 e. The minimum absolute atomic E-state index is 0. The zero-order valence-electron chi connectivity index (χ0n) is 4.38. The van der Waals surface area contributed by atoms with Crippen LogP contribution < -0.4 is 0 Å². The van der Waals surface area contributed by atoms with E-state index in [9.17, 15) is 4.79 Å². The molecule has 0 atom stereocenters. The first kappa shape index (κ1) is 10.3. The van der Waals surface area contributed by atoms with Crippen LogP contribution in [0.2, 0.25) is 0 Å².